The molecule has 1 aromatic carbocycles. The number of carbonyl (C=O) groups excluding carboxylic acids is 1. The number of hydrogen-bond acceptors (Lipinski definition) is 8. The second-order valence-corrected chi connectivity index (χ2v) is 10.6. The van der Waals surface area contributed by atoms with Gasteiger partial charge in [0.05, 0.1) is 23.8 Å². The molecule has 0 unspecified atom stereocenters. The quantitative estimate of drug-likeness (QED) is 0.251. The summed E-state index contributed by atoms with van der Waals surface area (Å²) in [6.45, 7) is 12.0. The number of amides is 1. The van der Waals surface area contributed by atoms with Gasteiger partial charge in [0.1, 0.15) is 18.2 Å². The van der Waals surface area contributed by atoms with Gasteiger partial charge >= 0.3 is 0 Å². The van der Waals surface area contributed by atoms with Crippen molar-refractivity contribution < 1.29 is 23.4 Å². The molecule has 10 heteroatoms. The molecule has 0 fully saturated rings. The van der Waals surface area contributed by atoms with E-state index in [1.54, 1.807) is 32.2 Å². The van der Waals surface area contributed by atoms with Gasteiger partial charge in [0.15, 0.2) is 0 Å². The maximum absolute atomic E-state index is 14.8. The van der Waals surface area contributed by atoms with Gasteiger partial charge in [0, 0.05) is 24.6 Å². The Kier molecular flexibility index (Phi) is 10.3. The van der Waals surface area contributed by atoms with Gasteiger partial charge in [-0.1, -0.05) is 35.0 Å². The van der Waals surface area contributed by atoms with E-state index in [0.29, 0.717) is 22.2 Å². The van der Waals surface area contributed by atoms with Gasteiger partial charge < -0.3 is 14.2 Å². The third-order valence-electron chi connectivity index (χ3n) is 6.35. The minimum atomic E-state index is -0.512. The van der Waals surface area contributed by atoms with Crippen molar-refractivity contribution >= 4 is 22.4 Å². The van der Waals surface area contributed by atoms with Crippen LogP contribution < -0.4 is 14.8 Å². The fraction of sp³-hybridized carbons (Fsp3) is 0.333. The van der Waals surface area contributed by atoms with Crippen molar-refractivity contribution in [3.63, 3.8) is 0 Å². The number of aromatic nitrogens is 3. The number of ether oxygens (including phenoxy) is 3. The van der Waals surface area contributed by atoms with E-state index in [9.17, 15) is 9.18 Å². The third kappa shape index (κ3) is 7.40. The minimum Gasteiger partial charge on any atom is -0.496 e. The molecular formula is C30H35FN4O4S. The van der Waals surface area contributed by atoms with Gasteiger partial charge in [-0.2, -0.15) is 0 Å². The Morgan fingerprint density at radius 1 is 1.18 bits per heavy atom. The lowest BCUT2D eigenvalue weighted by atomic mass is 9.96. The van der Waals surface area contributed by atoms with Gasteiger partial charge in [0.2, 0.25) is 5.13 Å². The van der Waals surface area contributed by atoms with Crippen molar-refractivity contribution in [2.45, 2.75) is 47.1 Å². The Morgan fingerprint density at radius 3 is 2.58 bits per heavy atom. The van der Waals surface area contributed by atoms with Gasteiger partial charge in [-0.15, -0.1) is 5.10 Å². The first kappa shape index (κ1) is 30.6. The van der Waals surface area contributed by atoms with Gasteiger partial charge in [-0.25, -0.2) is 4.39 Å². The van der Waals surface area contributed by atoms with Crippen molar-refractivity contribution in [2.24, 2.45) is 0 Å². The van der Waals surface area contributed by atoms with Crippen molar-refractivity contribution in [2.75, 3.05) is 26.1 Å². The smallest absolute Gasteiger partial charge is 0.296 e. The molecule has 0 saturated carbocycles. The molecular weight excluding hydrogens is 531 g/mol. The van der Waals surface area contributed by atoms with Crippen molar-refractivity contribution in [1.82, 2.24) is 15.2 Å². The Hall–Kier alpha value is -3.89. The van der Waals surface area contributed by atoms with Crippen molar-refractivity contribution in [3.8, 4) is 22.1 Å². The molecule has 2 aromatic heterocycles. The molecule has 0 spiro atoms. The van der Waals surface area contributed by atoms with Gasteiger partial charge in [-0.3, -0.25) is 15.1 Å². The van der Waals surface area contributed by atoms with Crippen LogP contribution in [0.25, 0.3) is 11.1 Å². The van der Waals surface area contributed by atoms with Crippen molar-refractivity contribution in [1.29, 1.82) is 0 Å². The van der Waals surface area contributed by atoms with Crippen LogP contribution in [0, 0.1) is 12.7 Å². The number of pyridine rings is 1. The summed E-state index contributed by atoms with van der Waals surface area (Å²) in [5, 5.41) is 11.3. The van der Waals surface area contributed by atoms with Crippen LogP contribution in [0.5, 0.6) is 10.9 Å². The van der Waals surface area contributed by atoms with Crippen LogP contribution in [0.1, 0.15) is 50.7 Å². The molecule has 40 heavy (non-hydrogen) atoms. The molecule has 1 N–H and O–H groups in total. The van der Waals surface area contributed by atoms with E-state index < -0.39 is 17.3 Å². The number of anilines is 1. The van der Waals surface area contributed by atoms with E-state index in [1.807, 2.05) is 52.8 Å². The second-order valence-electron chi connectivity index (χ2n) is 9.62. The molecule has 0 aliphatic rings. The Labute approximate surface area is 238 Å². The maximum atomic E-state index is 14.8. The van der Waals surface area contributed by atoms with Crippen LogP contribution in [-0.4, -0.2) is 47.5 Å². The van der Waals surface area contributed by atoms with Crippen LogP contribution in [0.4, 0.5) is 9.52 Å². The number of nitrogens with zero attached hydrogens (tertiary/aromatic N) is 3. The SMILES string of the molecule is C/C=C(\C=C/C(COc1nnc(NC(=O)c2cnc(C)cc2-c2c(F)cccc2OC)s1)=C(C)C)C(C)(C)OC. The maximum Gasteiger partial charge on any atom is 0.296 e. The average Bonchev–Trinajstić information content (AvgIpc) is 3.36. The van der Waals surface area contributed by atoms with Gasteiger partial charge in [0.25, 0.3) is 11.1 Å². The topological polar surface area (TPSA) is 95.5 Å². The summed E-state index contributed by atoms with van der Waals surface area (Å²) in [5.74, 6) is -0.715. The molecule has 0 radical (unpaired) electrons. The number of halogens is 1. The average molecular weight is 567 g/mol. The monoisotopic (exact) mass is 566 g/mol. The summed E-state index contributed by atoms with van der Waals surface area (Å²) in [4.78, 5) is 17.5. The predicted molar refractivity (Wildman–Crippen MR) is 157 cm³/mol. The molecule has 0 bridgehead atoms. The zero-order chi connectivity index (χ0) is 29.4. The number of methoxy groups -OCH3 is 2. The van der Waals surface area contributed by atoms with Gasteiger partial charge in [-0.05, 0) is 82.2 Å². The van der Waals surface area contributed by atoms with Crippen LogP contribution >= 0.6 is 11.3 Å². The number of allylic oxidation sites excluding steroid dienone is 2. The highest BCUT2D eigenvalue weighted by Gasteiger charge is 2.22. The normalized spacial score (nSPS) is 12.0. The summed E-state index contributed by atoms with van der Waals surface area (Å²) >= 11 is 1.09. The molecule has 212 valence electrons. The summed E-state index contributed by atoms with van der Waals surface area (Å²) < 4.78 is 31.7. The first-order valence-corrected chi connectivity index (χ1v) is 13.5. The lowest BCUT2D eigenvalue weighted by Crippen LogP contribution is -2.24. The standard InChI is InChI=1S/C30H35FN4O4S/c1-9-21(30(5,6)38-8)14-13-20(18(2)3)17-39-29-35-34-28(40-29)33-27(36)23-16-32-19(4)15-22(23)26-24(31)11-10-12-25(26)37-7/h9-16H,17H2,1-8H3,(H,33,34,36)/b14-13-,21-9+. The van der Waals surface area contributed by atoms with E-state index >= 15 is 0 Å². The lowest BCUT2D eigenvalue weighted by Gasteiger charge is -2.24. The molecule has 0 aliphatic carbocycles. The number of rotatable bonds is 11. The fourth-order valence-electron chi connectivity index (χ4n) is 3.82. The third-order valence-corrected chi connectivity index (χ3v) is 7.10. The number of hydrogen-bond donors (Lipinski definition) is 1. The number of benzene rings is 1. The van der Waals surface area contributed by atoms with E-state index in [4.69, 9.17) is 14.2 Å². The fourth-order valence-corrected chi connectivity index (χ4v) is 4.41. The Bertz CT molecular complexity index is 1460. The second kappa shape index (κ2) is 13.5. The van der Waals surface area contributed by atoms with E-state index in [2.05, 4.69) is 20.5 Å². The van der Waals surface area contributed by atoms with E-state index in [0.717, 1.165) is 28.1 Å². The summed E-state index contributed by atoms with van der Waals surface area (Å²) in [7, 11) is 3.13. The molecule has 8 nitrogen and oxygen atoms in total. The highest BCUT2D eigenvalue weighted by Crippen LogP contribution is 2.35. The zero-order valence-corrected chi connectivity index (χ0v) is 24.9. The zero-order valence-electron chi connectivity index (χ0n) is 24.1. The Balaban J connectivity index is 1.76. The molecule has 0 aliphatic heterocycles. The first-order chi connectivity index (χ1) is 19.0. The summed E-state index contributed by atoms with van der Waals surface area (Å²) in [5.41, 5.74) is 4.01. The van der Waals surface area contributed by atoms with E-state index in [-0.39, 0.29) is 22.9 Å². The van der Waals surface area contributed by atoms with Crippen LogP contribution in [0.3, 0.4) is 0 Å². The predicted octanol–water partition coefficient (Wildman–Crippen LogP) is 6.95. The molecule has 0 saturated heterocycles. The van der Waals surface area contributed by atoms with Crippen LogP contribution in [-0.2, 0) is 4.74 Å². The van der Waals surface area contributed by atoms with Crippen LogP contribution in [0.2, 0.25) is 0 Å². The number of nitrogens with one attached hydrogen (secondary N) is 1. The largest absolute Gasteiger partial charge is 0.496 e. The number of carbonyl (C=O) groups is 1. The van der Waals surface area contributed by atoms with E-state index in [1.165, 1.54) is 19.4 Å². The first-order valence-electron chi connectivity index (χ1n) is 12.6. The summed E-state index contributed by atoms with van der Waals surface area (Å²) in [6, 6.07) is 6.14. The van der Waals surface area contributed by atoms with Crippen LogP contribution in [0.15, 0.2) is 65.4 Å². The van der Waals surface area contributed by atoms with Crippen molar-refractivity contribution in [3.05, 3.63) is 82.5 Å². The highest BCUT2D eigenvalue weighted by molar-refractivity contribution is 7.17. The molecule has 1 amide bonds. The molecule has 3 aromatic rings. The molecule has 0 atom stereocenters. The molecule has 3 rings (SSSR count). The summed E-state index contributed by atoms with van der Waals surface area (Å²) in [6.07, 6.45) is 7.43. The highest BCUT2D eigenvalue weighted by atomic mass is 32.1. The minimum absolute atomic E-state index is 0.169. The number of aryl methyl sites for hydroxylation is 1. The molecule has 2 heterocycles. The lowest BCUT2D eigenvalue weighted by molar-refractivity contribution is 0.0579. The Morgan fingerprint density at radius 2 is 1.93 bits per heavy atom.